The van der Waals surface area contributed by atoms with E-state index in [0.29, 0.717) is 39.4 Å². The van der Waals surface area contributed by atoms with Crippen molar-refractivity contribution in [3.05, 3.63) is 64.5 Å². The minimum atomic E-state index is -0.600. The van der Waals surface area contributed by atoms with Gasteiger partial charge >= 0.3 is 0 Å². The molecule has 0 aliphatic carbocycles. The van der Waals surface area contributed by atoms with Crippen LogP contribution in [-0.4, -0.2) is 45.3 Å². The van der Waals surface area contributed by atoms with Crippen LogP contribution in [0.5, 0.6) is 11.5 Å². The molecule has 0 N–H and O–H groups in total. The second kappa shape index (κ2) is 8.49. The number of hydrogen-bond donors (Lipinski definition) is 0. The predicted molar refractivity (Wildman–Crippen MR) is 133 cm³/mol. The predicted octanol–water partition coefficient (Wildman–Crippen LogP) is 5.57. The summed E-state index contributed by atoms with van der Waals surface area (Å²) in [5.41, 5.74) is 3.75. The van der Waals surface area contributed by atoms with Crippen LogP contribution in [0.2, 0.25) is 0 Å². The average molecular weight is 493 g/mol. The Morgan fingerprint density at radius 1 is 1.23 bits per heavy atom. The summed E-state index contributed by atoms with van der Waals surface area (Å²) in [6, 6.07) is 8.83. The Balaban J connectivity index is 1.77. The highest BCUT2D eigenvalue weighted by Gasteiger charge is 2.34. The van der Waals surface area contributed by atoms with Crippen LogP contribution in [-0.2, 0) is 6.61 Å². The van der Waals surface area contributed by atoms with Gasteiger partial charge in [0.15, 0.2) is 5.69 Å². The van der Waals surface area contributed by atoms with E-state index in [4.69, 9.17) is 14.6 Å². The smallest absolute Gasteiger partial charge is 0.274 e. The number of methoxy groups -OCH3 is 1. The van der Waals surface area contributed by atoms with E-state index < -0.39 is 5.95 Å². The van der Waals surface area contributed by atoms with E-state index in [-0.39, 0.29) is 18.1 Å². The molecule has 1 aliphatic rings. The number of carbonyl (C=O) groups is 1. The zero-order chi connectivity index (χ0) is 24.9. The molecule has 0 fully saturated rings. The SMILES string of the molecule is COc1cc2c(cc1-c1cccnc1F)-c1c(c(C(=O)N(C)C(C)(C)C)nn1-c1ccsc1)CO2. The second-order valence-electron chi connectivity index (χ2n) is 9.28. The molecule has 7 nitrogen and oxygen atoms in total. The summed E-state index contributed by atoms with van der Waals surface area (Å²) in [5.74, 6) is 0.241. The largest absolute Gasteiger partial charge is 0.496 e. The summed E-state index contributed by atoms with van der Waals surface area (Å²) in [6.07, 6.45) is 1.40. The molecule has 9 heteroatoms. The van der Waals surface area contributed by atoms with E-state index in [0.717, 1.165) is 11.4 Å². The monoisotopic (exact) mass is 492 g/mol. The molecule has 4 heterocycles. The molecule has 1 amide bonds. The van der Waals surface area contributed by atoms with Crippen molar-refractivity contribution in [2.45, 2.75) is 32.9 Å². The summed E-state index contributed by atoms with van der Waals surface area (Å²) in [5, 5.41) is 8.69. The highest BCUT2D eigenvalue weighted by Crippen LogP contribution is 2.46. The van der Waals surface area contributed by atoms with Crippen molar-refractivity contribution in [2.24, 2.45) is 0 Å². The first kappa shape index (κ1) is 23.0. The van der Waals surface area contributed by atoms with Gasteiger partial charge in [-0.1, -0.05) is 0 Å². The third kappa shape index (κ3) is 3.85. The molecule has 1 aliphatic heterocycles. The zero-order valence-corrected chi connectivity index (χ0v) is 20.9. The molecule has 1 aromatic carbocycles. The van der Waals surface area contributed by atoms with Gasteiger partial charge in [-0.15, -0.1) is 0 Å². The van der Waals surface area contributed by atoms with Crippen molar-refractivity contribution in [3.8, 4) is 39.6 Å². The fourth-order valence-corrected chi connectivity index (χ4v) is 4.66. The molecule has 0 unspecified atom stereocenters. The van der Waals surface area contributed by atoms with Crippen LogP contribution in [0, 0.1) is 5.95 Å². The number of aromatic nitrogens is 3. The molecule has 35 heavy (non-hydrogen) atoms. The van der Waals surface area contributed by atoms with Gasteiger partial charge in [-0.3, -0.25) is 4.79 Å². The Hall–Kier alpha value is -3.72. The molecule has 0 saturated heterocycles. The Morgan fingerprint density at radius 3 is 2.69 bits per heavy atom. The fourth-order valence-electron chi connectivity index (χ4n) is 4.05. The van der Waals surface area contributed by atoms with Crippen LogP contribution in [0.15, 0.2) is 47.3 Å². The Morgan fingerprint density at radius 2 is 2.03 bits per heavy atom. The lowest BCUT2D eigenvalue weighted by atomic mass is 9.96. The third-order valence-electron chi connectivity index (χ3n) is 6.23. The number of rotatable bonds is 4. The van der Waals surface area contributed by atoms with Crippen molar-refractivity contribution < 1.29 is 18.7 Å². The van der Waals surface area contributed by atoms with Crippen molar-refractivity contribution >= 4 is 17.2 Å². The van der Waals surface area contributed by atoms with Crippen LogP contribution in [0.3, 0.4) is 0 Å². The standard InChI is InChI=1S/C26H25FN4O3S/c1-26(2,3)30(4)25(32)22-19-13-34-21-12-20(33-5)17(16-7-6-9-28-24(16)27)11-18(21)23(19)31(29-22)15-8-10-35-14-15/h6-12,14H,13H2,1-5H3. The lowest BCUT2D eigenvalue weighted by Gasteiger charge is -2.31. The summed E-state index contributed by atoms with van der Waals surface area (Å²) in [7, 11) is 3.30. The van der Waals surface area contributed by atoms with Gasteiger partial charge in [0.2, 0.25) is 5.95 Å². The molecule has 0 bridgehead atoms. The topological polar surface area (TPSA) is 69.5 Å². The Kier molecular flexibility index (Phi) is 5.59. The van der Waals surface area contributed by atoms with Crippen molar-refractivity contribution in [1.82, 2.24) is 19.7 Å². The van der Waals surface area contributed by atoms with Gasteiger partial charge in [0.05, 0.1) is 18.5 Å². The van der Waals surface area contributed by atoms with E-state index in [1.54, 1.807) is 34.8 Å². The molecule has 3 aromatic heterocycles. The molecular weight excluding hydrogens is 467 g/mol. The number of pyridine rings is 1. The first-order valence-electron chi connectivity index (χ1n) is 11.1. The second-order valence-corrected chi connectivity index (χ2v) is 10.1. The number of fused-ring (bicyclic) bond motifs is 3. The van der Waals surface area contributed by atoms with Crippen LogP contribution in [0.25, 0.3) is 28.1 Å². The van der Waals surface area contributed by atoms with Gasteiger partial charge in [0.25, 0.3) is 5.91 Å². The molecule has 0 saturated carbocycles. The van der Waals surface area contributed by atoms with E-state index in [9.17, 15) is 9.18 Å². The van der Waals surface area contributed by atoms with Gasteiger partial charge < -0.3 is 14.4 Å². The number of carbonyl (C=O) groups excluding carboxylic acids is 1. The summed E-state index contributed by atoms with van der Waals surface area (Å²) in [4.78, 5) is 19.0. The molecular formula is C26H25FN4O3S. The third-order valence-corrected chi connectivity index (χ3v) is 6.90. The van der Waals surface area contributed by atoms with Gasteiger partial charge in [-0.2, -0.15) is 20.8 Å². The number of thiophene rings is 1. The van der Waals surface area contributed by atoms with E-state index in [1.165, 1.54) is 24.6 Å². The normalized spacial score (nSPS) is 12.5. The number of benzene rings is 1. The summed E-state index contributed by atoms with van der Waals surface area (Å²) >= 11 is 1.54. The molecule has 4 aromatic rings. The highest BCUT2D eigenvalue weighted by molar-refractivity contribution is 7.08. The maximum Gasteiger partial charge on any atom is 0.274 e. The number of amides is 1. The maximum absolute atomic E-state index is 14.7. The van der Waals surface area contributed by atoms with Crippen LogP contribution >= 0.6 is 11.3 Å². The van der Waals surface area contributed by atoms with Gasteiger partial charge in [0.1, 0.15) is 18.1 Å². The lowest BCUT2D eigenvalue weighted by molar-refractivity contribution is 0.0646. The molecule has 0 atom stereocenters. The number of halogens is 1. The molecule has 0 radical (unpaired) electrons. The van der Waals surface area contributed by atoms with Crippen LogP contribution in [0.4, 0.5) is 4.39 Å². The fraction of sp³-hybridized carbons (Fsp3) is 0.269. The number of nitrogens with zero attached hydrogens (tertiary/aromatic N) is 4. The Bertz CT molecular complexity index is 1420. The highest BCUT2D eigenvalue weighted by atomic mass is 32.1. The first-order chi connectivity index (χ1) is 16.7. The minimum absolute atomic E-state index is 0.176. The van der Waals surface area contributed by atoms with E-state index in [1.807, 2.05) is 43.7 Å². The summed E-state index contributed by atoms with van der Waals surface area (Å²) < 4.78 is 28.1. The summed E-state index contributed by atoms with van der Waals surface area (Å²) in [6.45, 7) is 6.09. The number of ether oxygens (including phenoxy) is 2. The molecule has 5 rings (SSSR count). The minimum Gasteiger partial charge on any atom is -0.496 e. The average Bonchev–Trinajstić information content (AvgIpc) is 3.50. The van der Waals surface area contributed by atoms with Gasteiger partial charge in [0, 0.05) is 52.5 Å². The number of hydrogen-bond acceptors (Lipinski definition) is 6. The van der Waals surface area contributed by atoms with Crippen molar-refractivity contribution in [1.29, 1.82) is 0 Å². The van der Waals surface area contributed by atoms with Gasteiger partial charge in [-0.25, -0.2) is 9.67 Å². The van der Waals surface area contributed by atoms with Crippen LogP contribution < -0.4 is 9.47 Å². The zero-order valence-electron chi connectivity index (χ0n) is 20.1. The van der Waals surface area contributed by atoms with Crippen molar-refractivity contribution in [2.75, 3.05) is 14.2 Å². The van der Waals surface area contributed by atoms with Crippen molar-refractivity contribution in [3.63, 3.8) is 0 Å². The van der Waals surface area contributed by atoms with Crippen LogP contribution in [0.1, 0.15) is 36.8 Å². The molecule has 180 valence electrons. The van der Waals surface area contributed by atoms with E-state index >= 15 is 0 Å². The van der Waals surface area contributed by atoms with Gasteiger partial charge in [-0.05, 0) is 50.4 Å². The lowest BCUT2D eigenvalue weighted by Crippen LogP contribution is -2.43. The molecule has 0 spiro atoms. The Labute approximate surface area is 206 Å². The quantitative estimate of drug-likeness (QED) is 0.348. The van der Waals surface area contributed by atoms with E-state index in [2.05, 4.69) is 4.98 Å². The first-order valence-corrected chi connectivity index (χ1v) is 12.0. The maximum atomic E-state index is 14.7.